The van der Waals surface area contributed by atoms with Crippen LogP contribution in [0.1, 0.15) is 24.2 Å². The zero-order valence-corrected chi connectivity index (χ0v) is 9.88. The zero-order chi connectivity index (χ0) is 9.97. The number of aromatic nitrogens is 1. The van der Waals surface area contributed by atoms with Crippen LogP contribution >= 0.6 is 15.9 Å². The van der Waals surface area contributed by atoms with Crippen LogP contribution < -0.4 is 4.74 Å². The van der Waals surface area contributed by atoms with Gasteiger partial charge in [-0.05, 0) is 37.8 Å². The van der Waals surface area contributed by atoms with E-state index in [0.717, 1.165) is 35.0 Å². The molecule has 0 spiro atoms. The Morgan fingerprint density at radius 2 is 2.29 bits per heavy atom. The second-order valence-corrected chi connectivity index (χ2v) is 4.35. The summed E-state index contributed by atoms with van der Waals surface area (Å²) in [6.45, 7) is 2.85. The molecule has 2 nitrogen and oxygen atoms in total. The molecule has 76 valence electrons. The van der Waals surface area contributed by atoms with Crippen molar-refractivity contribution in [1.29, 1.82) is 0 Å². The first-order chi connectivity index (χ1) is 6.79. The van der Waals surface area contributed by atoms with Gasteiger partial charge in [0.25, 0.3) is 0 Å². The summed E-state index contributed by atoms with van der Waals surface area (Å²) >= 11 is 3.42. The zero-order valence-electron chi connectivity index (χ0n) is 8.29. The van der Waals surface area contributed by atoms with E-state index in [9.17, 15) is 0 Å². The van der Waals surface area contributed by atoms with Gasteiger partial charge in [-0.1, -0.05) is 15.9 Å². The number of pyridine rings is 1. The van der Waals surface area contributed by atoms with Gasteiger partial charge in [0.15, 0.2) is 0 Å². The van der Waals surface area contributed by atoms with Gasteiger partial charge in [-0.2, -0.15) is 0 Å². The second-order valence-electron chi connectivity index (χ2n) is 3.79. The summed E-state index contributed by atoms with van der Waals surface area (Å²) in [6.07, 6.45) is 2.64. The fourth-order valence-corrected chi connectivity index (χ4v) is 1.72. The predicted octanol–water partition coefficient (Wildman–Crippen LogP) is 3.07. The molecule has 1 fully saturated rings. The molecule has 14 heavy (non-hydrogen) atoms. The molecule has 3 heteroatoms. The molecule has 1 heterocycles. The number of nitrogens with zero attached hydrogens (tertiary/aromatic N) is 1. The van der Waals surface area contributed by atoms with Gasteiger partial charge in [-0.15, -0.1) is 0 Å². The standard InChI is InChI=1S/C11H14BrNO/c1-8-2-5-11(10(6-12)13-8)14-7-9-3-4-9/h2,5,9H,3-4,6-7H2,1H3. The van der Waals surface area contributed by atoms with Crippen molar-refractivity contribution in [1.82, 2.24) is 4.98 Å². The number of rotatable bonds is 4. The molecule has 1 aromatic rings. The van der Waals surface area contributed by atoms with Gasteiger partial charge in [-0.25, -0.2) is 0 Å². The highest BCUT2D eigenvalue weighted by molar-refractivity contribution is 9.08. The van der Waals surface area contributed by atoms with Crippen LogP contribution in [0.4, 0.5) is 0 Å². The van der Waals surface area contributed by atoms with Crippen molar-refractivity contribution in [3.05, 3.63) is 23.5 Å². The molecule has 0 bridgehead atoms. The normalized spacial score (nSPS) is 15.6. The van der Waals surface area contributed by atoms with Crippen LogP contribution in [0, 0.1) is 12.8 Å². The minimum Gasteiger partial charge on any atom is -0.491 e. The molecule has 0 atom stereocenters. The van der Waals surface area contributed by atoms with E-state index >= 15 is 0 Å². The Labute approximate surface area is 92.8 Å². The first kappa shape index (κ1) is 9.97. The summed E-state index contributed by atoms with van der Waals surface area (Å²) < 4.78 is 5.71. The van der Waals surface area contributed by atoms with Crippen LogP contribution in [-0.4, -0.2) is 11.6 Å². The van der Waals surface area contributed by atoms with Crippen molar-refractivity contribution in [2.45, 2.75) is 25.1 Å². The van der Waals surface area contributed by atoms with E-state index in [1.165, 1.54) is 12.8 Å². The lowest BCUT2D eigenvalue weighted by molar-refractivity contribution is 0.296. The van der Waals surface area contributed by atoms with Crippen molar-refractivity contribution in [3.63, 3.8) is 0 Å². The Bertz CT molecular complexity index is 323. The van der Waals surface area contributed by atoms with Crippen LogP contribution in [0.15, 0.2) is 12.1 Å². The van der Waals surface area contributed by atoms with Crippen molar-refractivity contribution >= 4 is 15.9 Å². The van der Waals surface area contributed by atoms with Crippen LogP contribution in [0.5, 0.6) is 5.75 Å². The van der Waals surface area contributed by atoms with Gasteiger partial charge >= 0.3 is 0 Å². The molecule has 1 aliphatic rings. The average molecular weight is 256 g/mol. The lowest BCUT2D eigenvalue weighted by Gasteiger charge is -2.09. The molecule has 1 aromatic heterocycles. The molecule has 1 aliphatic carbocycles. The van der Waals surface area contributed by atoms with Gasteiger partial charge < -0.3 is 4.74 Å². The Balaban J connectivity index is 2.05. The highest BCUT2D eigenvalue weighted by Gasteiger charge is 2.22. The summed E-state index contributed by atoms with van der Waals surface area (Å²) in [4.78, 5) is 4.42. The van der Waals surface area contributed by atoms with E-state index in [2.05, 4.69) is 20.9 Å². The third-order valence-corrected chi connectivity index (χ3v) is 2.90. The summed E-state index contributed by atoms with van der Waals surface area (Å²) in [7, 11) is 0. The Kier molecular flexibility index (Phi) is 3.06. The number of aryl methyl sites for hydroxylation is 1. The molecular weight excluding hydrogens is 242 g/mol. The number of hydrogen-bond acceptors (Lipinski definition) is 2. The lowest BCUT2D eigenvalue weighted by Crippen LogP contribution is -2.02. The van der Waals surface area contributed by atoms with Crippen molar-refractivity contribution in [2.75, 3.05) is 6.61 Å². The highest BCUT2D eigenvalue weighted by Crippen LogP contribution is 2.30. The van der Waals surface area contributed by atoms with Crippen molar-refractivity contribution in [3.8, 4) is 5.75 Å². The van der Waals surface area contributed by atoms with E-state index in [-0.39, 0.29) is 0 Å². The number of ether oxygens (including phenoxy) is 1. The fraction of sp³-hybridized carbons (Fsp3) is 0.545. The minimum absolute atomic E-state index is 0.759. The third kappa shape index (κ3) is 2.47. The predicted molar refractivity (Wildman–Crippen MR) is 59.8 cm³/mol. The van der Waals surface area contributed by atoms with Crippen LogP contribution in [0.3, 0.4) is 0 Å². The Morgan fingerprint density at radius 3 is 2.93 bits per heavy atom. The number of halogens is 1. The fourth-order valence-electron chi connectivity index (χ4n) is 1.32. The summed E-state index contributed by atoms with van der Waals surface area (Å²) in [5, 5.41) is 0.759. The SMILES string of the molecule is Cc1ccc(OCC2CC2)c(CBr)n1. The summed E-state index contributed by atoms with van der Waals surface area (Å²) in [5.41, 5.74) is 2.05. The average Bonchev–Trinajstić information content (AvgIpc) is 2.99. The van der Waals surface area contributed by atoms with Gasteiger partial charge in [0.1, 0.15) is 5.75 Å². The monoisotopic (exact) mass is 255 g/mol. The maximum Gasteiger partial charge on any atom is 0.141 e. The summed E-state index contributed by atoms with van der Waals surface area (Å²) in [6, 6.07) is 4.01. The molecular formula is C11H14BrNO. The van der Waals surface area contributed by atoms with E-state index in [4.69, 9.17) is 4.74 Å². The molecule has 0 saturated heterocycles. The Hall–Kier alpha value is -0.570. The van der Waals surface area contributed by atoms with Gasteiger partial charge in [-0.3, -0.25) is 4.98 Å². The molecule has 0 aliphatic heterocycles. The molecule has 0 aromatic carbocycles. The molecule has 0 amide bonds. The number of hydrogen-bond donors (Lipinski definition) is 0. The van der Waals surface area contributed by atoms with Crippen molar-refractivity contribution < 1.29 is 4.74 Å². The van der Waals surface area contributed by atoms with E-state index in [0.29, 0.717) is 0 Å². The lowest BCUT2D eigenvalue weighted by atomic mass is 10.3. The Morgan fingerprint density at radius 1 is 1.50 bits per heavy atom. The molecule has 0 N–H and O–H groups in total. The molecule has 1 saturated carbocycles. The van der Waals surface area contributed by atoms with Crippen molar-refractivity contribution in [2.24, 2.45) is 5.92 Å². The van der Waals surface area contributed by atoms with Crippen LogP contribution in [0.25, 0.3) is 0 Å². The minimum atomic E-state index is 0.759. The van der Waals surface area contributed by atoms with Crippen LogP contribution in [-0.2, 0) is 5.33 Å². The topological polar surface area (TPSA) is 22.1 Å². The quantitative estimate of drug-likeness (QED) is 0.772. The van der Waals surface area contributed by atoms with E-state index in [1.54, 1.807) is 0 Å². The highest BCUT2D eigenvalue weighted by atomic mass is 79.9. The smallest absolute Gasteiger partial charge is 0.141 e. The van der Waals surface area contributed by atoms with E-state index in [1.807, 2.05) is 19.1 Å². The third-order valence-electron chi connectivity index (χ3n) is 2.37. The largest absolute Gasteiger partial charge is 0.491 e. The first-order valence-corrected chi connectivity index (χ1v) is 6.07. The molecule has 0 unspecified atom stereocenters. The molecule has 0 radical (unpaired) electrons. The van der Waals surface area contributed by atoms with Gasteiger partial charge in [0, 0.05) is 11.0 Å². The summed E-state index contributed by atoms with van der Waals surface area (Å²) in [5.74, 6) is 1.72. The molecule has 2 rings (SSSR count). The first-order valence-electron chi connectivity index (χ1n) is 4.95. The maximum atomic E-state index is 5.71. The van der Waals surface area contributed by atoms with E-state index < -0.39 is 0 Å². The number of alkyl halides is 1. The van der Waals surface area contributed by atoms with Gasteiger partial charge in [0.2, 0.25) is 0 Å². The second kappa shape index (κ2) is 4.30. The maximum absolute atomic E-state index is 5.71. The van der Waals surface area contributed by atoms with Crippen LogP contribution in [0.2, 0.25) is 0 Å². The van der Waals surface area contributed by atoms with Gasteiger partial charge in [0.05, 0.1) is 12.3 Å².